The number of hydrogen-bond donors (Lipinski definition) is 1. The van der Waals surface area contributed by atoms with Gasteiger partial charge < -0.3 is 9.84 Å². The lowest BCUT2D eigenvalue weighted by Crippen LogP contribution is -2.06. The van der Waals surface area contributed by atoms with E-state index in [2.05, 4.69) is 9.97 Å². The van der Waals surface area contributed by atoms with Crippen molar-refractivity contribution < 1.29 is 14.6 Å². The molecule has 0 aliphatic rings. The fourth-order valence-corrected chi connectivity index (χ4v) is 1.43. The number of carbonyl (C=O) groups excluding carboxylic acids is 1. The molecule has 0 aliphatic heterocycles. The number of fused-ring (bicyclic) bond motifs is 1. The second-order valence-corrected chi connectivity index (χ2v) is 3.10. The number of aromatic hydroxyl groups is 1. The Balaban J connectivity index is 2.66. The summed E-state index contributed by atoms with van der Waals surface area (Å²) < 4.78 is 4.85. The van der Waals surface area contributed by atoms with Crippen molar-refractivity contribution in [3.8, 4) is 5.75 Å². The quantitative estimate of drug-likeness (QED) is 0.773. The van der Waals surface area contributed by atoms with E-state index in [1.165, 1.54) is 18.5 Å². The average molecular weight is 218 g/mol. The fourth-order valence-electron chi connectivity index (χ4n) is 1.43. The van der Waals surface area contributed by atoms with Crippen molar-refractivity contribution in [1.82, 2.24) is 9.97 Å². The summed E-state index contributed by atoms with van der Waals surface area (Å²) in [4.78, 5) is 19.7. The molecule has 0 amide bonds. The second-order valence-electron chi connectivity index (χ2n) is 3.10. The van der Waals surface area contributed by atoms with Gasteiger partial charge in [-0.1, -0.05) is 0 Å². The zero-order chi connectivity index (χ0) is 11.5. The van der Waals surface area contributed by atoms with Crippen LogP contribution in [0, 0.1) is 0 Å². The molecule has 1 aromatic carbocycles. The van der Waals surface area contributed by atoms with Crippen molar-refractivity contribution in [2.75, 3.05) is 6.61 Å². The molecule has 0 saturated heterocycles. The van der Waals surface area contributed by atoms with Gasteiger partial charge in [-0.25, -0.2) is 4.79 Å². The van der Waals surface area contributed by atoms with E-state index in [4.69, 9.17) is 4.74 Å². The van der Waals surface area contributed by atoms with Crippen LogP contribution in [-0.4, -0.2) is 27.7 Å². The highest BCUT2D eigenvalue weighted by Crippen LogP contribution is 2.24. The van der Waals surface area contributed by atoms with Crippen LogP contribution in [0.25, 0.3) is 11.0 Å². The Kier molecular flexibility index (Phi) is 2.68. The van der Waals surface area contributed by atoms with Gasteiger partial charge >= 0.3 is 5.97 Å². The summed E-state index contributed by atoms with van der Waals surface area (Å²) in [5, 5.41) is 9.64. The molecule has 16 heavy (non-hydrogen) atoms. The molecule has 5 heteroatoms. The van der Waals surface area contributed by atoms with Gasteiger partial charge in [-0.05, 0) is 19.1 Å². The van der Waals surface area contributed by atoms with E-state index in [1.54, 1.807) is 13.0 Å². The first-order chi connectivity index (χ1) is 7.74. The normalized spacial score (nSPS) is 10.3. The third kappa shape index (κ3) is 1.67. The molecule has 0 atom stereocenters. The van der Waals surface area contributed by atoms with E-state index in [9.17, 15) is 9.90 Å². The van der Waals surface area contributed by atoms with Crippen molar-refractivity contribution in [2.45, 2.75) is 6.92 Å². The number of phenolic OH excluding ortho intramolecular Hbond substituents is 1. The van der Waals surface area contributed by atoms with E-state index < -0.39 is 5.97 Å². The van der Waals surface area contributed by atoms with Crippen molar-refractivity contribution in [3.05, 3.63) is 30.1 Å². The highest BCUT2D eigenvalue weighted by atomic mass is 16.5. The third-order valence-corrected chi connectivity index (χ3v) is 2.10. The Hall–Kier alpha value is -2.17. The SMILES string of the molecule is CCOC(=O)c1c(O)ccc2nccnc12. The number of benzene rings is 1. The number of rotatable bonds is 2. The minimum absolute atomic E-state index is 0.0625. The Morgan fingerprint density at radius 2 is 2.12 bits per heavy atom. The summed E-state index contributed by atoms with van der Waals surface area (Å²) in [5.41, 5.74) is 0.955. The highest BCUT2D eigenvalue weighted by Gasteiger charge is 2.17. The van der Waals surface area contributed by atoms with E-state index in [0.717, 1.165) is 0 Å². The number of hydrogen-bond acceptors (Lipinski definition) is 5. The summed E-state index contributed by atoms with van der Waals surface area (Å²) in [6.07, 6.45) is 2.98. The predicted octanol–water partition coefficient (Wildman–Crippen LogP) is 1.51. The van der Waals surface area contributed by atoms with Crippen LogP contribution >= 0.6 is 0 Å². The average Bonchev–Trinajstić information content (AvgIpc) is 2.29. The van der Waals surface area contributed by atoms with Crippen LogP contribution in [0.4, 0.5) is 0 Å². The molecule has 1 heterocycles. The smallest absolute Gasteiger partial charge is 0.344 e. The highest BCUT2D eigenvalue weighted by molar-refractivity contribution is 6.04. The molecule has 2 rings (SSSR count). The van der Waals surface area contributed by atoms with Gasteiger partial charge in [0.25, 0.3) is 0 Å². The summed E-state index contributed by atoms with van der Waals surface area (Å²) in [5.74, 6) is -0.738. The molecule has 0 bridgehead atoms. The molecule has 1 aromatic heterocycles. The lowest BCUT2D eigenvalue weighted by Gasteiger charge is -2.06. The Labute approximate surface area is 91.7 Å². The summed E-state index contributed by atoms with van der Waals surface area (Å²) in [7, 11) is 0. The first-order valence-corrected chi connectivity index (χ1v) is 4.84. The molecular formula is C11H10N2O3. The van der Waals surface area contributed by atoms with Crippen molar-refractivity contribution in [1.29, 1.82) is 0 Å². The zero-order valence-corrected chi connectivity index (χ0v) is 8.67. The molecule has 82 valence electrons. The molecule has 0 saturated carbocycles. The predicted molar refractivity (Wildman–Crippen MR) is 57.2 cm³/mol. The number of aromatic nitrogens is 2. The minimum Gasteiger partial charge on any atom is -0.507 e. The van der Waals surface area contributed by atoms with Crippen molar-refractivity contribution in [2.24, 2.45) is 0 Å². The molecule has 2 aromatic rings. The van der Waals surface area contributed by atoms with Gasteiger partial charge in [-0.3, -0.25) is 9.97 Å². The minimum atomic E-state index is -0.592. The van der Waals surface area contributed by atoms with Crippen LogP contribution in [0.3, 0.4) is 0 Å². The van der Waals surface area contributed by atoms with Crippen LogP contribution in [-0.2, 0) is 4.74 Å². The Morgan fingerprint density at radius 1 is 1.38 bits per heavy atom. The lowest BCUT2D eigenvalue weighted by atomic mass is 10.1. The fraction of sp³-hybridized carbons (Fsp3) is 0.182. The molecule has 0 fully saturated rings. The maximum absolute atomic E-state index is 11.6. The second kappa shape index (κ2) is 4.14. The third-order valence-electron chi connectivity index (χ3n) is 2.10. The summed E-state index contributed by atoms with van der Waals surface area (Å²) >= 11 is 0. The summed E-state index contributed by atoms with van der Waals surface area (Å²) in [6.45, 7) is 1.95. The Morgan fingerprint density at radius 3 is 2.88 bits per heavy atom. The van der Waals surface area contributed by atoms with Gasteiger partial charge in [0.2, 0.25) is 0 Å². The van der Waals surface area contributed by atoms with Crippen molar-refractivity contribution >= 4 is 17.0 Å². The van der Waals surface area contributed by atoms with Crippen LogP contribution in [0.15, 0.2) is 24.5 Å². The summed E-state index contributed by atoms with van der Waals surface area (Å²) in [6, 6.07) is 3.00. The van der Waals surface area contributed by atoms with E-state index in [1.807, 2.05) is 0 Å². The molecule has 0 radical (unpaired) electrons. The van der Waals surface area contributed by atoms with Gasteiger partial charge in [0.15, 0.2) is 0 Å². The van der Waals surface area contributed by atoms with Crippen LogP contribution in [0.1, 0.15) is 17.3 Å². The molecule has 0 aliphatic carbocycles. The molecular weight excluding hydrogens is 208 g/mol. The largest absolute Gasteiger partial charge is 0.507 e. The van der Waals surface area contributed by atoms with Crippen LogP contribution in [0.5, 0.6) is 5.75 Å². The maximum Gasteiger partial charge on any atom is 0.344 e. The lowest BCUT2D eigenvalue weighted by molar-refractivity contribution is 0.0525. The first kappa shape index (κ1) is 10.4. The molecule has 0 unspecified atom stereocenters. The number of esters is 1. The monoisotopic (exact) mass is 218 g/mol. The van der Waals surface area contributed by atoms with Crippen molar-refractivity contribution in [3.63, 3.8) is 0 Å². The van der Waals surface area contributed by atoms with E-state index >= 15 is 0 Å². The van der Waals surface area contributed by atoms with Crippen LogP contribution in [0.2, 0.25) is 0 Å². The van der Waals surface area contributed by atoms with E-state index in [-0.39, 0.29) is 17.9 Å². The first-order valence-electron chi connectivity index (χ1n) is 4.84. The topological polar surface area (TPSA) is 72.3 Å². The number of nitrogens with zero attached hydrogens (tertiary/aromatic N) is 2. The van der Waals surface area contributed by atoms with Gasteiger partial charge in [0.1, 0.15) is 16.8 Å². The molecule has 0 spiro atoms. The zero-order valence-electron chi connectivity index (χ0n) is 8.67. The van der Waals surface area contributed by atoms with Gasteiger partial charge in [-0.15, -0.1) is 0 Å². The molecule has 1 N–H and O–H groups in total. The van der Waals surface area contributed by atoms with Crippen LogP contribution < -0.4 is 0 Å². The standard InChI is InChI=1S/C11H10N2O3/c1-2-16-11(15)9-8(14)4-3-7-10(9)13-6-5-12-7/h3-6,14H,2H2,1H3. The van der Waals surface area contributed by atoms with E-state index in [0.29, 0.717) is 11.0 Å². The number of carbonyl (C=O) groups is 1. The van der Waals surface area contributed by atoms with Gasteiger partial charge in [0, 0.05) is 12.4 Å². The van der Waals surface area contributed by atoms with Gasteiger partial charge in [-0.2, -0.15) is 0 Å². The van der Waals surface area contributed by atoms with Gasteiger partial charge in [0.05, 0.1) is 12.1 Å². The molecule has 5 nitrogen and oxygen atoms in total. The maximum atomic E-state index is 11.6. The number of phenols is 1. The Bertz CT molecular complexity index is 540. The number of ether oxygens (including phenoxy) is 1.